The molecule has 5 rings (SSSR count). The highest BCUT2D eigenvalue weighted by Gasteiger charge is 2.33. The lowest BCUT2D eigenvalue weighted by Gasteiger charge is -2.35. The van der Waals surface area contributed by atoms with Crippen LogP contribution in [0.5, 0.6) is 0 Å². The Morgan fingerprint density at radius 3 is 2.88 bits per heavy atom. The SMILES string of the molecule is CNc1cc(NC2=CC=CN(c3ccccn3)C2O)nc2c(C(=O)N[C@H]3CC[C@@H]3OC)cnn12. The third-order valence-corrected chi connectivity index (χ3v) is 6.05. The highest BCUT2D eigenvalue weighted by Crippen LogP contribution is 2.26. The van der Waals surface area contributed by atoms with Crippen LogP contribution in [0, 0.1) is 0 Å². The number of ether oxygens (including phenoxy) is 1. The summed E-state index contributed by atoms with van der Waals surface area (Å²) in [5, 5.41) is 24.5. The van der Waals surface area contributed by atoms with Crippen LogP contribution in [-0.2, 0) is 4.74 Å². The molecule has 1 fully saturated rings. The lowest BCUT2D eigenvalue weighted by atomic mass is 9.89. The van der Waals surface area contributed by atoms with Crippen molar-refractivity contribution in [2.24, 2.45) is 0 Å². The summed E-state index contributed by atoms with van der Waals surface area (Å²) in [6.45, 7) is 0. The number of carbonyl (C=O) groups is 1. The fraction of sp³-hybridized carbons (Fsp3) is 0.304. The zero-order valence-corrected chi connectivity index (χ0v) is 18.8. The van der Waals surface area contributed by atoms with Crippen molar-refractivity contribution in [1.29, 1.82) is 0 Å². The quantitative estimate of drug-likeness (QED) is 0.415. The van der Waals surface area contributed by atoms with Gasteiger partial charge in [0.1, 0.15) is 23.0 Å². The number of allylic oxidation sites excluding steroid dienone is 2. The van der Waals surface area contributed by atoms with E-state index < -0.39 is 6.23 Å². The molecule has 3 atom stereocenters. The number of aliphatic hydroxyl groups excluding tert-OH is 1. The lowest BCUT2D eigenvalue weighted by molar-refractivity contribution is 0.00732. The topological polar surface area (TPSA) is 129 Å². The fourth-order valence-corrected chi connectivity index (χ4v) is 4.05. The van der Waals surface area contributed by atoms with Gasteiger partial charge in [0, 0.05) is 32.6 Å². The van der Waals surface area contributed by atoms with E-state index in [0.29, 0.717) is 34.4 Å². The molecule has 4 N–H and O–H groups in total. The third-order valence-electron chi connectivity index (χ3n) is 6.05. The van der Waals surface area contributed by atoms with Crippen LogP contribution in [0.1, 0.15) is 23.2 Å². The number of aromatic nitrogens is 4. The van der Waals surface area contributed by atoms with Gasteiger partial charge in [-0.25, -0.2) is 9.97 Å². The van der Waals surface area contributed by atoms with Crippen molar-refractivity contribution in [3.8, 4) is 0 Å². The number of pyridine rings is 1. The molecule has 176 valence electrons. The van der Waals surface area contributed by atoms with Gasteiger partial charge < -0.3 is 30.7 Å². The van der Waals surface area contributed by atoms with E-state index in [1.54, 1.807) is 48.1 Å². The minimum Gasteiger partial charge on any atom is -0.379 e. The first kappa shape index (κ1) is 21.9. The molecular formula is C23H26N8O3. The molecule has 0 bridgehead atoms. The summed E-state index contributed by atoms with van der Waals surface area (Å²) in [6, 6.07) is 7.22. The molecule has 0 saturated heterocycles. The molecule has 0 aromatic carbocycles. The third kappa shape index (κ3) is 3.95. The summed E-state index contributed by atoms with van der Waals surface area (Å²) < 4.78 is 6.95. The maximum Gasteiger partial charge on any atom is 0.257 e. The minimum absolute atomic E-state index is 0.0237. The summed E-state index contributed by atoms with van der Waals surface area (Å²) in [7, 11) is 3.41. The number of hydrogen-bond donors (Lipinski definition) is 4. The molecule has 3 aromatic heterocycles. The normalized spacial score (nSPS) is 21.7. The number of amides is 1. The monoisotopic (exact) mass is 462 g/mol. The highest BCUT2D eigenvalue weighted by atomic mass is 16.5. The second-order valence-electron chi connectivity index (χ2n) is 8.06. The van der Waals surface area contributed by atoms with Gasteiger partial charge in [-0.3, -0.25) is 4.79 Å². The summed E-state index contributed by atoms with van der Waals surface area (Å²) in [4.78, 5) is 23.5. The van der Waals surface area contributed by atoms with Crippen LogP contribution in [0.2, 0.25) is 0 Å². The van der Waals surface area contributed by atoms with Gasteiger partial charge in [0.25, 0.3) is 5.91 Å². The van der Waals surface area contributed by atoms with E-state index in [0.717, 1.165) is 12.8 Å². The number of rotatable bonds is 7. The van der Waals surface area contributed by atoms with E-state index in [-0.39, 0.29) is 18.1 Å². The highest BCUT2D eigenvalue weighted by molar-refractivity contribution is 6.00. The number of nitrogens with one attached hydrogen (secondary N) is 3. The minimum atomic E-state index is -0.992. The molecule has 34 heavy (non-hydrogen) atoms. The molecule has 4 heterocycles. The Hall–Kier alpha value is -3.96. The van der Waals surface area contributed by atoms with Gasteiger partial charge in [0.05, 0.1) is 24.0 Å². The van der Waals surface area contributed by atoms with Crippen LogP contribution < -0.4 is 20.9 Å². The molecule has 0 spiro atoms. The smallest absolute Gasteiger partial charge is 0.257 e. The number of methoxy groups -OCH3 is 1. The number of nitrogens with zero attached hydrogens (tertiary/aromatic N) is 5. The first-order valence-corrected chi connectivity index (χ1v) is 11.0. The summed E-state index contributed by atoms with van der Waals surface area (Å²) >= 11 is 0. The molecule has 1 unspecified atom stereocenters. The number of aliphatic hydroxyl groups is 1. The molecule has 1 aliphatic carbocycles. The Morgan fingerprint density at radius 1 is 1.29 bits per heavy atom. The van der Waals surface area contributed by atoms with Gasteiger partial charge in [-0.2, -0.15) is 9.61 Å². The van der Waals surface area contributed by atoms with Gasteiger partial charge in [-0.1, -0.05) is 6.07 Å². The van der Waals surface area contributed by atoms with Crippen LogP contribution in [-0.4, -0.2) is 63.1 Å². The summed E-state index contributed by atoms with van der Waals surface area (Å²) in [6.07, 6.45) is 9.33. The number of carbonyl (C=O) groups excluding carboxylic acids is 1. The number of anilines is 3. The molecule has 11 heteroatoms. The van der Waals surface area contributed by atoms with Crippen LogP contribution in [0.4, 0.5) is 17.5 Å². The Balaban J connectivity index is 1.41. The summed E-state index contributed by atoms with van der Waals surface area (Å²) in [5.41, 5.74) is 1.26. The second kappa shape index (κ2) is 9.12. The molecule has 11 nitrogen and oxygen atoms in total. The predicted molar refractivity (Wildman–Crippen MR) is 127 cm³/mol. The van der Waals surface area contributed by atoms with Crippen LogP contribution >= 0.6 is 0 Å². The van der Waals surface area contributed by atoms with Crippen molar-refractivity contribution in [1.82, 2.24) is 24.9 Å². The lowest BCUT2D eigenvalue weighted by Crippen LogP contribution is -2.51. The Bertz CT molecular complexity index is 1250. The van der Waals surface area contributed by atoms with E-state index >= 15 is 0 Å². The van der Waals surface area contributed by atoms with Gasteiger partial charge in [-0.15, -0.1) is 0 Å². The van der Waals surface area contributed by atoms with E-state index in [4.69, 9.17) is 4.74 Å². The number of fused-ring (bicyclic) bond motifs is 1. The molecule has 2 aliphatic rings. The van der Waals surface area contributed by atoms with E-state index in [1.165, 1.54) is 6.20 Å². The standard InChI is InChI=1S/C23H26N8O3/c1-24-20-12-18(27-16-6-5-11-30(23(16)33)19-7-3-4-10-25-19)29-21-14(13-26-31(20)21)22(32)28-15-8-9-17(15)34-2/h3-7,10-13,15,17,23-24,33H,8-9H2,1-2H3,(H,27,29)(H,28,32)/t15-,17-,23?/m0/s1. The van der Waals surface area contributed by atoms with Crippen molar-refractivity contribution < 1.29 is 14.6 Å². The first-order valence-electron chi connectivity index (χ1n) is 11.0. The Kier molecular flexibility index (Phi) is 5.86. The van der Waals surface area contributed by atoms with Gasteiger partial charge >= 0.3 is 0 Å². The summed E-state index contributed by atoms with van der Waals surface area (Å²) in [5.74, 6) is 1.44. The van der Waals surface area contributed by atoms with Crippen molar-refractivity contribution in [2.75, 3.05) is 29.7 Å². The maximum absolute atomic E-state index is 13.0. The molecule has 3 aromatic rings. The number of hydrogen-bond acceptors (Lipinski definition) is 9. The molecule has 1 aliphatic heterocycles. The Labute approximate surface area is 196 Å². The molecule has 1 saturated carbocycles. The van der Waals surface area contributed by atoms with Gasteiger partial charge in [-0.05, 0) is 37.1 Å². The average Bonchev–Trinajstić information content (AvgIpc) is 3.27. The molecule has 0 radical (unpaired) electrons. The van der Waals surface area contributed by atoms with Crippen LogP contribution in [0.15, 0.2) is 60.7 Å². The largest absolute Gasteiger partial charge is 0.379 e. The van der Waals surface area contributed by atoms with Crippen molar-refractivity contribution in [3.05, 3.63) is 66.3 Å². The maximum atomic E-state index is 13.0. The van der Waals surface area contributed by atoms with Crippen molar-refractivity contribution >= 4 is 29.0 Å². The van der Waals surface area contributed by atoms with E-state index in [2.05, 4.69) is 31.0 Å². The first-order chi connectivity index (χ1) is 16.6. The zero-order chi connectivity index (χ0) is 23.7. The van der Waals surface area contributed by atoms with Crippen LogP contribution in [0.25, 0.3) is 5.65 Å². The molecule has 1 amide bonds. The van der Waals surface area contributed by atoms with Crippen molar-refractivity contribution in [2.45, 2.75) is 31.2 Å². The average molecular weight is 463 g/mol. The second-order valence-corrected chi connectivity index (χ2v) is 8.06. The van der Waals surface area contributed by atoms with Gasteiger partial charge in [0.15, 0.2) is 11.9 Å². The van der Waals surface area contributed by atoms with E-state index in [1.807, 2.05) is 24.3 Å². The molecular weight excluding hydrogens is 436 g/mol. The zero-order valence-electron chi connectivity index (χ0n) is 18.8. The van der Waals surface area contributed by atoms with Gasteiger partial charge in [0.2, 0.25) is 0 Å². The van der Waals surface area contributed by atoms with Crippen molar-refractivity contribution in [3.63, 3.8) is 0 Å². The van der Waals surface area contributed by atoms with E-state index in [9.17, 15) is 9.90 Å². The fourth-order valence-electron chi connectivity index (χ4n) is 4.05. The van der Waals surface area contributed by atoms with Crippen LogP contribution in [0.3, 0.4) is 0 Å². The predicted octanol–water partition coefficient (Wildman–Crippen LogP) is 1.72. The Morgan fingerprint density at radius 2 is 2.18 bits per heavy atom.